The third-order valence-corrected chi connectivity index (χ3v) is 4.25. The molecule has 1 heterocycles. The van der Waals surface area contributed by atoms with Crippen LogP contribution in [0.2, 0.25) is 5.02 Å². The number of hydrogen-bond donors (Lipinski definition) is 1. The van der Waals surface area contributed by atoms with Gasteiger partial charge in [0.1, 0.15) is 0 Å². The summed E-state index contributed by atoms with van der Waals surface area (Å²) in [5.74, 6) is 0. The average Bonchev–Trinajstić information content (AvgIpc) is 2.73. The first-order valence-corrected chi connectivity index (χ1v) is 7.40. The summed E-state index contributed by atoms with van der Waals surface area (Å²) in [7, 11) is 1.99. The van der Waals surface area contributed by atoms with Gasteiger partial charge in [0.15, 0.2) is 0 Å². The van der Waals surface area contributed by atoms with Crippen LogP contribution in [0, 0.1) is 13.8 Å². The normalized spacial score (nSPS) is 12.7. The maximum Gasteiger partial charge on any atom is 0.0847 e. The highest BCUT2D eigenvalue weighted by Crippen LogP contribution is 2.27. The number of halogens is 1. The van der Waals surface area contributed by atoms with Crippen molar-refractivity contribution in [2.45, 2.75) is 39.8 Å². The van der Waals surface area contributed by atoms with Crippen molar-refractivity contribution < 1.29 is 0 Å². The Bertz CT molecular complexity index is 589. The molecule has 0 aliphatic heterocycles. The fraction of sp³-hybridized carbons (Fsp3) is 0.438. The standard InChI is InChI=1S/C16H22ClN3/c1-5-20-15(16(17)12(3)19-20)10-14(18-4)13-9-7-6-8-11(13)2/h6-9,14,18H,5,10H2,1-4H3. The minimum Gasteiger partial charge on any atom is -0.313 e. The van der Waals surface area contributed by atoms with E-state index in [2.05, 4.69) is 48.5 Å². The van der Waals surface area contributed by atoms with Crippen LogP contribution in [0.3, 0.4) is 0 Å². The van der Waals surface area contributed by atoms with E-state index in [-0.39, 0.29) is 6.04 Å². The van der Waals surface area contributed by atoms with E-state index in [9.17, 15) is 0 Å². The second-order valence-electron chi connectivity index (χ2n) is 5.06. The number of rotatable bonds is 5. The van der Waals surface area contributed by atoms with Gasteiger partial charge in [0, 0.05) is 19.0 Å². The zero-order valence-electron chi connectivity index (χ0n) is 12.6. The second kappa shape index (κ2) is 6.42. The van der Waals surface area contributed by atoms with Crippen LogP contribution >= 0.6 is 11.6 Å². The number of nitrogens with one attached hydrogen (secondary N) is 1. The van der Waals surface area contributed by atoms with Crippen molar-refractivity contribution in [1.82, 2.24) is 15.1 Å². The predicted molar refractivity (Wildman–Crippen MR) is 84.3 cm³/mol. The lowest BCUT2D eigenvalue weighted by molar-refractivity contribution is 0.539. The lowest BCUT2D eigenvalue weighted by Gasteiger charge is -2.19. The number of hydrogen-bond acceptors (Lipinski definition) is 2. The first-order chi connectivity index (χ1) is 9.58. The van der Waals surface area contributed by atoms with Crippen molar-refractivity contribution in [2.75, 3.05) is 7.05 Å². The summed E-state index contributed by atoms with van der Waals surface area (Å²) in [5.41, 5.74) is 4.62. The van der Waals surface area contributed by atoms with Crippen molar-refractivity contribution in [3.05, 3.63) is 51.8 Å². The fourth-order valence-electron chi connectivity index (χ4n) is 2.60. The van der Waals surface area contributed by atoms with Gasteiger partial charge in [-0.25, -0.2) is 0 Å². The summed E-state index contributed by atoms with van der Waals surface area (Å²) in [6.45, 7) is 7.03. The van der Waals surface area contributed by atoms with Gasteiger partial charge in [-0.15, -0.1) is 0 Å². The van der Waals surface area contributed by atoms with E-state index in [4.69, 9.17) is 11.6 Å². The van der Waals surface area contributed by atoms with Gasteiger partial charge in [0.25, 0.3) is 0 Å². The Morgan fingerprint density at radius 1 is 1.30 bits per heavy atom. The first-order valence-electron chi connectivity index (χ1n) is 7.03. The molecule has 0 saturated heterocycles. The third kappa shape index (κ3) is 2.89. The van der Waals surface area contributed by atoms with Crippen molar-refractivity contribution >= 4 is 11.6 Å². The van der Waals surface area contributed by atoms with E-state index in [1.165, 1.54) is 11.1 Å². The van der Waals surface area contributed by atoms with Crippen LogP contribution in [0.15, 0.2) is 24.3 Å². The predicted octanol–water partition coefficient (Wildman–Crippen LogP) is 3.68. The lowest BCUT2D eigenvalue weighted by atomic mass is 9.97. The van der Waals surface area contributed by atoms with Crippen LogP contribution in [-0.4, -0.2) is 16.8 Å². The zero-order chi connectivity index (χ0) is 14.7. The molecular weight excluding hydrogens is 270 g/mol. The topological polar surface area (TPSA) is 29.9 Å². The molecule has 3 nitrogen and oxygen atoms in total. The Labute approximate surface area is 126 Å². The minimum atomic E-state index is 0.245. The summed E-state index contributed by atoms with van der Waals surface area (Å²) in [6.07, 6.45) is 0.842. The molecule has 0 amide bonds. The molecule has 0 aliphatic carbocycles. The third-order valence-electron chi connectivity index (χ3n) is 3.76. The van der Waals surface area contributed by atoms with Crippen LogP contribution < -0.4 is 5.32 Å². The highest BCUT2D eigenvalue weighted by atomic mass is 35.5. The Kier molecular flexibility index (Phi) is 4.84. The van der Waals surface area contributed by atoms with Gasteiger partial charge < -0.3 is 5.32 Å². The monoisotopic (exact) mass is 291 g/mol. The van der Waals surface area contributed by atoms with Crippen LogP contribution in [-0.2, 0) is 13.0 Å². The van der Waals surface area contributed by atoms with Crippen molar-refractivity contribution in [3.63, 3.8) is 0 Å². The highest BCUT2D eigenvalue weighted by molar-refractivity contribution is 6.31. The summed E-state index contributed by atoms with van der Waals surface area (Å²) >= 11 is 6.41. The summed E-state index contributed by atoms with van der Waals surface area (Å²) in [5, 5.41) is 8.68. The van der Waals surface area contributed by atoms with E-state index in [1.54, 1.807) is 0 Å². The minimum absolute atomic E-state index is 0.245. The summed E-state index contributed by atoms with van der Waals surface area (Å²) in [6, 6.07) is 8.71. The molecule has 4 heteroatoms. The molecule has 0 saturated carbocycles. The summed E-state index contributed by atoms with van der Waals surface area (Å²) < 4.78 is 2.00. The second-order valence-corrected chi connectivity index (χ2v) is 5.44. The Hall–Kier alpha value is -1.32. The van der Waals surface area contributed by atoms with Gasteiger partial charge in [-0.05, 0) is 38.9 Å². The van der Waals surface area contributed by atoms with Crippen molar-refractivity contribution in [3.8, 4) is 0 Å². The largest absolute Gasteiger partial charge is 0.313 e. The molecule has 108 valence electrons. The fourth-order valence-corrected chi connectivity index (χ4v) is 2.82. The smallest absolute Gasteiger partial charge is 0.0847 e. The van der Waals surface area contributed by atoms with E-state index in [1.807, 2.05) is 18.7 Å². The van der Waals surface area contributed by atoms with Crippen LogP contribution in [0.1, 0.15) is 35.5 Å². The first kappa shape index (κ1) is 15.1. The number of likely N-dealkylation sites (N-methyl/N-ethyl adjacent to an activating group) is 1. The molecule has 2 aromatic rings. The summed E-state index contributed by atoms with van der Waals surface area (Å²) in [4.78, 5) is 0. The molecule has 2 rings (SSSR count). The van der Waals surface area contributed by atoms with E-state index in [0.29, 0.717) is 0 Å². The Balaban J connectivity index is 2.34. The van der Waals surface area contributed by atoms with Crippen LogP contribution in [0.4, 0.5) is 0 Å². The Morgan fingerprint density at radius 3 is 2.60 bits per heavy atom. The van der Waals surface area contributed by atoms with Crippen molar-refractivity contribution in [1.29, 1.82) is 0 Å². The molecule has 1 unspecified atom stereocenters. The van der Waals surface area contributed by atoms with Gasteiger partial charge in [0.05, 0.1) is 16.4 Å². The molecule has 1 N–H and O–H groups in total. The van der Waals surface area contributed by atoms with Gasteiger partial charge in [0.2, 0.25) is 0 Å². The molecule has 1 aromatic carbocycles. The molecule has 0 spiro atoms. The number of nitrogens with zero attached hydrogens (tertiary/aromatic N) is 2. The number of aromatic nitrogens is 2. The molecule has 1 atom stereocenters. The maximum absolute atomic E-state index is 6.41. The van der Waals surface area contributed by atoms with Gasteiger partial charge >= 0.3 is 0 Å². The molecular formula is C16H22ClN3. The maximum atomic E-state index is 6.41. The lowest BCUT2D eigenvalue weighted by Crippen LogP contribution is -2.21. The SMILES string of the molecule is CCn1nc(C)c(Cl)c1CC(NC)c1ccccc1C. The van der Waals surface area contributed by atoms with Crippen LogP contribution in [0.5, 0.6) is 0 Å². The molecule has 0 aliphatic rings. The quantitative estimate of drug-likeness (QED) is 0.911. The van der Waals surface area contributed by atoms with Gasteiger partial charge in [-0.3, -0.25) is 4.68 Å². The molecule has 0 fully saturated rings. The number of benzene rings is 1. The zero-order valence-corrected chi connectivity index (χ0v) is 13.3. The van der Waals surface area contributed by atoms with Crippen LogP contribution in [0.25, 0.3) is 0 Å². The molecule has 0 bridgehead atoms. The van der Waals surface area contributed by atoms with E-state index in [0.717, 1.165) is 29.4 Å². The molecule has 20 heavy (non-hydrogen) atoms. The Morgan fingerprint density at radius 2 is 2.00 bits per heavy atom. The van der Waals surface area contributed by atoms with E-state index >= 15 is 0 Å². The average molecular weight is 292 g/mol. The molecule has 1 aromatic heterocycles. The van der Waals surface area contributed by atoms with Gasteiger partial charge in [-0.1, -0.05) is 35.9 Å². The number of aryl methyl sites for hydroxylation is 3. The van der Waals surface area contributed by atoms with Crippen molar-refractivity contribution in [2.24, 2.45) is 0 Å². The van der Waals surface area contributed by atoms with Gasteiger partial charge in [-0.2, -0.15) is 5.10 Å². The highest BCUT2D eigenvalue weighted by Gasteiger charge is 2.19. The van der Waals surface area contributed by atoms with E-state index < -0.39 is 0 Å². The molecule has 0 radical (unpaired) electrons.